The van der Waals surface area contributed by atoms with Crippen LogP contribution < -0.4 is 4.72 Å². The maximum absolute atomic E-state index is 11.9. The van der Waals surface area contributed by atoms with Crippen LogP contribution in [0, 0.1) is 0 Å². The van der Waals surface area contributed by atoms with Crippen molar-refractivity contribution in [2.24, 2.45) is 0 Å². The summed E-state index contributed by atoms with van der Waals surface area (Å²) < 4.78 is 26.3. The second-order valence-corrected chi connectivity index (χ2v) is 6.28. The van der Waals surface area contributed by atoms with E-state index < -0.39 is 16.0 Å². The van der Waals surface area contributed by atoms with E-state index in [1.54, 1.807) is 11.4 Å². The van der Waals surface area contributed by atoms with Gasteiger partial charge in [0.05, 0.1) is 5.56 Å². The maximum atomic E-state index is 11.9. The van der Waals surface area contributed by atoms with Crippen molar-refractivity contribution in [3.63, 3.8) is 0 Å². The smallest absolute Gasteiger partial charge is 0.335 e. The van der Waals surface area contributed by atoms with Gasteiger partial charge in [-0.3, -0.25) is 4.72 Å². The van der Waals surface area contributed by atoms with Gasteiger partial charge >= 0.3 is 5.97 Å². The molecular formula is C11H9NO4S2. The molecule has 1 aromatic heterocycles. The number of thiophene rings is 1. The zero-order chi connectivity index (χ0) is 13.2. The highest BCUT2D eigenvalue weighted by Gasteiger charge is 2.15. The summed E-state index contributed by atoms with van der Waals surface area (Å²) in [5.41, 5.74) is 0.433. The zero-order valence-corrected chi connectivity index (χ0v) is 10.7. The second kappa shape index (κ2) is 4.79. The molecule has 2 N–H and O–H groups in total. The van der Waals surface area contributed by atoms with Crippen LogP contribution in [-0.2, 0) is 10.0 Å². The highest BCUT2D eigenvalue weighted by atomic mass is 32.2. The second-order valence-electron chi connectivity index (χ2n) is 3.42. The van der Waals surface area contributed by atoms with E-state index in [0.717, 1.165) is 11.3 Å². The van der Waals surface area contributed by atoms with Gasteiger partial charge in [0.25, 0.3) is 10.0 Å². The number of rotatable bonds is 4. The summed E-state index contributed by atoms with van der Waals surface area (Å²) in [5.74, 6) is -1.05. The van der Waals surface area contributed by atoms with Crippen LogP contribution in [0.4, 0.5) is 5.69 Å². The summed E-state index contributed by atoms with van der Waals surface area (Å²) >= 11 is 1.11. The number of carbonyl (C=O) groups is 1. The standard InChI is InChI=1S/C11H9NO4S2/c13-11(14)8-3-5-9(6-4-8)12-18(15,16)10-2-1-7-17-10/h1-7,12H,(H,13,14). The number of aromatic carboxylic acids is 1. The van der Waals surface area contributed by atoms with Crippen molar-refractivity contribution in [2.45, 2.75) is 4.21 Å². The molecule has 0 aliphatic carbocycles. The van der Waals surface area contributed by atoms with Gasteiger partial charge in [0.1, 0.15) is 4.21 Å². The van der Waals surface area contributed by atoms with Crippen molar-refractivity contribution >= 4 is 33.0 Å². The molecule has 2 rings (SSSR count). The molecule has 0 amide bonds. The third kappa shape index (κ3) is 2.69. The van der Waals surface area contributed by atoms with Gasteiger partial charge in [-0.15, -0.1) is 11.3 Å². The number of hydrogen-bond donors (Lipinski definition) is 2. The lowest BCUT2D eigenvalue weighted by Crippen LogP contribution is -2.11. The Balaban J connectivity index is 2.22. The number of hydrogen-bond acceptors (Lipinski definition) is 4. The van der Waals surface area contributed by atoms with Gasteiger partial charge in [0.15, 0.2) is 0 Å². The van der Waals surface area contributed by atoms with E-state index in [4.69, 9.17) is 5.11 Å². The van der Waals surface area contributed by atoms with E-state index in [2.05, 4.69) is 4.72 Å². The average molecular weight is 283 g/mol. The minimum Gasteiger partial charge on any atom is -0.478 e. The fourth-order valence-corrected chi connectivity index (χ4v) is 3.35. The fraction of sp³-hybridized carbons (Fsp3) is 0. The first-order valence-corrected chi connectivity index (χ1v) is 7.25. The lowest BCUT2D eigenvalue weighted by Gasteiger charge is -2.06. The van der Waals surface area contributed by atoms with E-state index >= 15 is 0 Å². The molecule has 0 atom stereocenters. The Bertz CT molecular complexity index is 645. The van der Waals surface area contributed by atoms with Crippen LogP contribution in [0.3, 0.4) is 0 Å². The van der Waals surface area contributed by atoms with Gasteiger partial charge in [0.2, 0.25) is 0 Å². The van der Waals surface area contributed by atoms with Crippen LogP contribution in [0.15, 0.2) is 46.0 Å². The fourth-order valence-electron chi connectivity index (χ4n) is 1.30. The van der Waals surface area contributed by atoms with Crippen molar-refractivity contribution in [1.29, 1.82) is 0 Å². The Hall–Kier alpha value is -1.86. The van der Waals surface area contributed by atoms with Crippen molar-refractivity contribution < 1.29 is 18.3 Å². The first kappa shape index (κ1) is 12.6. The van der Waals surface area contributed by atoms with Crippen molar-refractivity contribution in [3.05, 3.63) is 47.3 Å². The summed E-state index contributed by atoms with van der Waals surface area (Å²) in [4.78, 5) is 10.6. The van der Waals surface area contributed by atoms with E-state index in [1.165, 1.54) is 30.3 Å². The molecule has 0 aliphatic heterocycles. The maximum Gasteiger partial charge on any atom is 0.335 e. The molecule has 2 aromatic rings. The molecule has 0 saturated heterocycles. The highest BCUT2D eigenvalue weighted by Crippen LogP contribution is 2.20. The predicted molar refractivity (Wildman–Crippen MR) is 68.5 cm³/mol. The number of carboxylic acid groups (broad SMARTS) is 1. The molecule has 0 radical (unpaired) electrons. The lowest BCUT2D eigenvalue weighted by molar-refractivity contribution is 0.0697. The van der Waals surface area contributed by atoms with Crippen molar-refractivity contribution in [2.75, 3.05) is 4.72 Å². The zero-order valence-electron chi connectivity index (χ0n) is 9.03. The molecule has 0 aliphatic rings. The molecular weight excluding hydrogens is 274 g/mol. The number of carboxylic acids is 1. The molecule has 18 heavy (non-hydrogen) atoms. The van der Waals surface area contributed by atoms with Crippen molar-refractivity contribution in [1.82, 2.24) is 0 Å². The monoisotopic (exact) mass is 283 g/mol. The van der Waals surface area contributed by atoms with E-state index in [9.17, 15) is 13.2 Å². The number of benzene rings is 1. The third-order valence-electron chi connectivity index (χ3n) is 2.14. The van der Waals surface area contributed by atoms with Gasteiger partial charge in [-0.05, 0) is 35.7 Å². The van der Waals surface area contributed by atoms with Crippen LogP contribution >= 0.6 is 11.3 Å². The first-order valence-electron chi connectivity index (χ1n) is 4.89. The van der Waals surface area contributed by atoms with Crippen LogP contribution in [0.25, 0.3) is 0 Å². The number of anilines is 1. The van der Waals surface area contributed by atoms with Gasteiger partial charge < -0.3 is 5.11 Å². The van der Waals surface area contributed by atoms with Crippen molar-refractivity contribution in [3.8, 4) is 0 Å². The van der Waals surface area contributed by atoms with Gasteiger partial charge in [-0.2, -0.15) is 0 Å². The first-order chi connectivity index (χ1) is 8.49. The van der Waals surface area contributed by atoms with Crippen LogP contribution in [0.5, 0.6) is 0 Å². The summed E-state index contributed by atoms with van der Waals surface area (Å²) in [7, 11) is -3.58. The normalized spacial score (nSPS) is 11.1. The average Bonchev–Trinajstić information content (AvgIpc) is 2.83. The van der Waals surface area contributed by atoms with Gasteiger partial charge in [-0.25, -0.2) is 13.2 Å². The molecule has 0 fully saturated rings. The Labute approximate surface area is 108 Å². The largest absolute Gasteiger partial charge is 0.478 e. The quantitative estimate of drug-likeness (QED) is 0.901. The number of sulfonamides is 1. The SMILES string of the molecule is O=C(O)c1ccc(NS(=O)(=O)c2cccs2)cc1. The summed E-state index contributed by atoms with van der Waals surface area (Å²) in [6.07, 6.45) is 0. The van der Waals surface area contributed by atoms with Crippen LogP contribution in [0.1, 0.15) is 10.4 Å². The molecule has 0 spiro atoms. The molecule has 1 heterocycles. The van der Waals surface area contributed by atoms with Gasteiger partial charge in [-0.1, -0.05) is 6.07 Å². The molecule has 0 bridgehead atoms. The third-order valence-corrected chi connectivity index (χ3v) is 4.92. The summed E-state index contributed by atoms with van der Waals surface area (Å²) in [6, 6.07) is 8.65. The molecule has 5 nitrogen and oxygen atoms in total. The molecule has 7 heteroatoms. The Morgan fingerprint density at radius 2 is 1.83 bits per heavy atom. The molecule has 94 valence electrons. The predicted octanol–water partition coefficient (Wildman–Crippen LogP) is 2.25. The van der Waals surface area contributed by atoms with Crippen LogP contribution in [-0.4, -0.2) is 19.5 Å². The number of nitrogens with one attached hydrogen (secondary N) is 1. The Morgan fingerprint density at radius 3 is 2.33 bits per heavy atom. The highest BCUT2D eigenvalue weighted by molar-refractivity contribution is 7.94. The molecule has 0 saturated carbocycles. The topological polar surface area (TPSA) is 83.5 Å². The summed E-state index contributed by atoms with van der Waals surface area (Å²) in [6.45, 7) is 0. The van der Waals surface area contributed by atoms with Gasteiger partial charge in [0, 0.05) is 5.69 Å². The minimum atomic E-state index is -3.58. The molecule has 1 aromatic carbocycles. The Kier molecular flexibility index (Phi) is 3.35. The minimum absolute atomic E-state index is 0.106. The van der Waals surface area contributed by atoms with E-state index in [1.807, 2.05) is 0 Å². The lowest BCUT2D eigenvalue weighted by atomic mass is 10.2. The molecule has 0 unspecified atom stereocenters. The Morgan fingerprint density at radius 1 is 1.17 bits per heavy atom. The van der Waals surface area contributed by atoms with Crippen LogP contribution in [0.2, 0.25) is 0 Å². The van der Waals surface area contributed by atoms with E-state index in [-0.39, 0.29) is 9.77 Å². The van der Waals surface area contributed by atoms with E-state index in [0.29, 0.717) is 5.69 Å². The summed E-state index contributed by atoms with van der Waals surface area (Å²) in [5, 5.41) is 10.4.